The van der Waals surface area contributed by atoms with E-state index < -0.39 is 5.91 Å². The molecule has 0 unspecified atom stereocenters. The summed E-state index contributed by atoms with van der Waals surface area (Å²) in [4.78, 5) is 17.6. The van der Waals surface area contributed by atoms with E-state index in [9.17, 15) is 4.79 Å². The molecule has 0 atom stereocenters. The van der Waals surface area contributed by atoms with Crippen LogP contribution in [-0.4, -0.2) is 22.0 Å². The fraction of sp³-hybridized carbons (Fsp3) is 0.294. The Hall–Kier alpha value is -2.12. The summed E-state index contributed by atoms with van der Waals surface area (Å²) in [5, 5.41) is 8.27. The number of rotatable bonds is 7. The van der Waals surface area contributed by atoms with Crippen molar-refractivity contribution in [2.75, 3.05) is 11.9 Å². The van der Waals surface area contributed by atoms with E-state index in [0.717, 1.165) is 35.2 Å². The van der Waals surface area contributed by atoms with Crippen molar-refractivity contribution in [2.45, 2.75) is 26.8 Å². The molecule has 7 heteroatoms. The Morgan fingerprint density at radius 1 is 1.42 bits per heavy atom. The third-order valence-electron chi connectivity index (χ3n) is 3.82. The highest BCUT2D eigenvalue weighted by Crippen LogP contribution is 2.30. The van der Waals surface area contributed by atoms with Gasteiger partial charge in [0.05, 0.1) is 23.5 Å². The van der Waals surface area contributed by atoms with Crippen LogP contribution in [0.4, 0.5) is 5.13 Å². The first-order valence-corrected chi connectivity index (χ1v) is 9.58. The predicted octanol–water partition coefficient (Wildman–Crippen LogP) is 3.95. The number of hydrogen-bond donors (Lipinski definition) is 2. The Bertz CT molecular complexity index is 833. The number of thiophene rings is 1. The number of hydrogen-bond acceptors (Lipinski definition) is 5. The number of carbonyl (C=O) groups excluding carboxylic acids is 1. The number of nitrogens with two attached hydrogens (primary N) is 1. The number of nitrogens with zero attached hydrogens (tertiary/aromatic N) is 2. The molecule has 0 aliphatic carbocycles. The molecule has 3 rings (SSSR count). The van der Waals surface area contributed by atoms with Crippen molar-refractivity contribution >= 4 is 33.7 Å². The quantitative estimate of drug-likeness (QED) is 0.670. The predicted molar refractivity (Wildman–Crippen MR) is 101 cm³/mol. The van der Waals surface area contributed by atoms with Crippen molar-refractivity contribution in [2.24, 2.45) is 5.73 Å². The van der Waals surface area contributed by atoms with Gasteiger partial charge >= 0.3 is 0 Å². The summed E-state index contributed by atoms with van der Waals surface area (Å²) in [5.74, 6) is -0.404. The van der Waals surface area contributed by atoms with Gasteiger partial charge in [-0.3, -0.25) is 4.79 Å². The summed E-state index contributed by atoms with van der Waals surface area (Å²) in [6.45, 7) is 5.66. The highest BCUT2D eigenvalue weighted by molar-refractivity contribution is 7.14. The highest BCUT2D eigenvalue weighted by Gasteiger charge is 2.19. The lowest BCUT2D eigenvalue weighted by Gasteiger charge is -2.09. The zero-order valence-corrected chi connectivity index (χ0v) is 15.3. The molecular weight excluding hydrogens is 340 g/mol. The van der Waals surface area contributed by atoms with Gasteiger partial charge in [-0.25, -0.2) is 4.98 Å². The topological polar surface area (TPSA) is 72.9 Å². The van der Waals surface area contributed by atoms with Gasteiger partial charge in [0.15, 0.2) is 5.13 Å². The van der Waals surface area contributed by atoms with E-state index in [4.69, 9.17) is 5.73 Å². The molecule has 0 aliphatic rings. The lowest BCUT2D eigenvalue weighted by molar-refractivity contribution is 0.0999. The zero-order chi connectivity index (χ0) is 17.1. The van der Waals surface area contributed by atoms with Crippen molar-refractivity contribution in [3.05, 3.63) is 45.1 Å². The van der Waals surface area contributed by atoms with Gasteiger partial charge in [-0.05, 0) is 30.9 Å². The summed E-state index contributed by atoms with van der Waals surface area (Å²) in [6, 6.07) is 5.97. The molecule has 5 nitrogen and oxygen atoms in total. The zero-order valence-electron chi connectivity index (χ0n) is 13.7. The van der Waals surface area contributed by atoms with Crippen LogP contribution in [0.5, 0.6) is 0 Å². The van der Waals surface area contributed by atoms with Gasteiger partial charge in [-0.1, -0.05) is 13.0 Å². The van der Waals surface area contributed by atoms with Gasteiger partial charge in [0, 0.05) is 22.5 Å². The average Bonchev–Trinajstić information content (AvgIpc) is 3.27. The lowest BCUT2D eigenvalue weighted by atomic mass is 10.2. The second-order valence-corrected chi connectivity index (χ2v) is 7.41. The van der Waals surface area contributed by atoms with Gasteiger partial charge in [0.2, 0.25) is 0 Å². The fourth-order valence-corrected chi connectivity index (χ4v) is 4.00. The lowest BCUT2D eigenvalue weighted by Crippen LogP contribution is -2.12. The van der Waals surface area contributed by atoms with Crippen molar-refractivity contribution < 1.29 is 4.79 Å². The Kier molecular flexibility index (Phi) is 5.01. The van der Waals surface area contributed by atoms with Crippen LogP contribution in [0.3, 0.4) is 0 Å². The second-order valence-electron chi connectivity index (χ2n) is 5.52. The number of amides is 1. The SMILES string of the molecule is CCCNc1nc(-c2cc(C(N)=O)c(C)n2Cc2cccs2)cs1. The second kappa shape index (κ2) is 7.19. The van der Waals surface area contributed by atoms with Crippen LogP contribution in [-0.2, 0) is 6.54 Å². The minimum atomic E-state index is -0.404. The van der Waals surface area contributed by atoms with Crippen LogP contribution in [0.15, 0.2) is 29.0 Å². The molecule has 3 aromatic heterocycles. The van der Waals surface area contributed by atoms with E-state index in [1.54, 1.807) is 22.7 Å². The van der Waals surface area contributed by atoms with Crippen LogP contribution in [0.1, 0.15) is 34.3 Å². The van der Waals surface area contributed by atoms with Gasteiger partial charge in [-0.2, -0.15) is 0 Å². The fourth-order valence-electron chi connectivity index (χ4n) is 2.57. The number of carbonyl (C=O) groups is 1. The number of primary amides is 1. The molecule has 126 valence electrons. The molecular formula is C17H20N4OS2. The Morgan fingerprint density at radius 2 is 2.25 bits per heavy atom. The molecule has 3 heterocycles. The summed E-state index contributed by atoms with van der Waals surface area (Å²) in [7, 11) is 0. The van der Waals surface area contributed by atoms with Crippen molar-refractivity contribution in [1.29, 1.82) is 0 Å². The van der Waals surface area contributed by atoms with Crippen LogP contribution in [0, 0.1) is 6.92 Å². The van der Waals surface area contributed by atoms with Crippen LogP contribution in [0.25, 0.3) is 11.4 Å². The summed E-state index contributed by atoms with van der Waals surface area (Å²) in [6.07, 6.45) is 1.05. The maximum Gasteiger partial charge on any atom is 0.250 e. The number of thiazole rings is 1. The van der Waals surface area contributed by atoms with Crippen LogP contribution < -0.4 is 11.1 Å². The molecule has 3 aromatic rings. The van der Waals surface area contributed by atoms with E-state index in [1.807, 2.05) is 24.4 Å². The van der Waals surface area contributed by atoms with Gasteiger partial charge in [0.25, 0.3) is 5.91 Å². The van der Waals surface area contributed by atoms with Gasteiger partial charge < -0.3 is 15.6 Å². The van der Waals surface area contributed by atoms with Crippen molar-refractivity contribution in [1.82, 2.24) is 9.55 Å². The average molecular weight is 361 g/mol. The maximum absolute atomic E-state index is 11.7. The monoisotopic (exact) mass is 360 g/mol. The standard InChI is InChI=1S/C17H20N4OS2/c1-3-6-19-17-20-14(10-24-17)15-8-13(16(18)22)11(2)21(15)9-12-5-4-7-23-12/h4-5,7-8,10H,3,6,9H2,1-2H3,(H2,18,22)(H,19,20). The normalized spacial score (nSPS) is 10.9. The maximum atomic E-state index is 11.7. The minimum Gasteiger partial charge on any atom is -0.366 e. The minimum absolute atomic E-state index is 0.404. The first-order chi connectivity index (χ1) is 11.6. The molecule has 0 saturated heterocycles. The van der Waals surface area contributed by atoms with E-state index in [0.29, 0.717) is 12.1 Å². The van der Waals surface area contributed by atoms with E-state index in [1.165, 1.54) is 4.88 Å². The molecule has 3 N–H and O–H groups in total. The van der Waals surface area contributed by atoms with Gasteiger partial charge in [0.1, 0.15) is 0 Å². The molecule has 0 spiro atoms. The largest absolute Gasteiger partial charge is 0.366 e. The molecule has 0 saturated carbocycles. The van der Waals surface area contributed by atoms with Crippen molar-refractivity contribution in [3.63, 3.8) is 0 Å². The molecule has 0 aromatic carbocycles. The first kappa shape index (κ1) is 16.7. The van der Waals surface area contributed by atoms with Crippen LogP contribution in [0.2, 0.25) is 0 Å². The van der Waals surface area contributed by atoms with Crippen LogP contribution >= 0.6 is 22.7 Å². The Morgan fingerprint density at radius 3 is 2.92 bits per heavy atom. The third kappa shape index (κ3) is 3.37. The van der Waals surface area contributed by atoms with E-state index >= 15 is 0 Å². The molecule has 0 bridgehead atoms. The first-order valence-electron chi connectivity index (χ1n) is 7.82. The summed E-state index contributed by atoms with van der Waals surface area (Å²) in [5.41, 5.74) is 8.76. The number of nitrogens with one attached hydrogen (secondary N) is 1. The highest BCUT2D eigenvalue weighted by atomic mass is 32.1. The molecule has 0 fully saturated rings. The third-order valence-corrected chi connectivity index (χ3v) is 5.48. The summed E-state index contributed by atoms with van der Waals surface area (Å²) >= 11 is 3.27. The van der Waals surface area contributed by atoms with Gasteiger partial charge in [-0.15, -0.1) is 22.7 Å². The molecule has 0 radical (unpaired) electrons. The van der Waals surface area contributed by atoms with E-state index in [-0.39, 0.29) is 0 Å². The smallest absolute Gasteiger partial charge is 0.250 e. The summed E-state index contributed by atoms with van der Waals surface area (Å²) < 4.78 is 2.12. The number of aromatic nitrogens is 2. The Balaban J connectivity index is 2.00. The van der Waals surface area contributed by atoms with Crippen molar-refractivity contribution in [3.8, 4) is 11.4 Å². The number of anilines is 1. The molecule has 24 heavy (non-hydrogen) atoms. The molecule has 1 amide bonds. The van der Waals surface area contributed by atoms with E-state index in [2.05, 4.69) is 33.2 Å². The molecule has 0 aliphatic heterocycles. The Labute approximate surface area is 149 Å².